The van der Waals surface area contributed by atoms with Gasteiger partial charge in [0.2, 0.25) is 0 Å². The quantitative estimate of drug-likeness (QED) is 0.132. The lowest BCUT2D eigenvalue weighted by Gasteiger charge is -2.04. The van der Waals surface area contributed by atoms with Gasteiger partial charge in [-0.2, -0.15) is 0 Å². The molecule has 0 N–H and O–H groups in total. The van der Waals surface area contributed by atoms with Gasteiger partial charge in [-0.05, 0) is 12.8 Å². The Morgan fingerprint density at radius 2 is 1.25 bits per heavy atom. The van der Waals surface area contributed by atoms with Crippen molar-refractivity contribution in [2.75, 3.05) is 6.61 Å². The summed E-state index contributed by atoms with van der Waals surface area (Å²) in [5, 5.41) is 0. The molecule has 0 saturated heterocycles. The molecule has 0 aromatic heterocycles. The first kappa shape index (κ1) is 29.4. The molecule has 2 heteroatoms. The lowest BCUT2D eigenvalue weighted by Crippen LogP contribution is -2.11. The van der Waals surface area contributed by atoms with E-state index in [4.69, 9.17) is 4.74 Å². The van der Waals surface area contributed by atoms with Crippen LogP contribution in [0.1, 0.15) is 130 Å². The van der Waals surface area contributed by atoms with Gasteiger partial charge in [-0.3, -0.25) is 4.79 Å². The molecule has 0 aliphatic heterocycles. The first-order valence-electron chi connectivity index (χ1n) is 12.2. The van der Waals surface area contributed by atoms with Crippen LogP contribution >= 0.6 is 0 Å². The van der Waals surface area contributed by atoms with E-state index in [1.54, 1.807) is 0 Å². The molecular formula is C26H51O2. The number of carbonyl (C=O) groups is 1. The molecule has 0 aliphatic carbocycles. The second-order valence-corrected chi connectivity index (χ2v) is 8.09. The van der Waals surface area contributed by atoms with Gasteiger partial charge in [-0.25, -0.2) is 0 Å². The van der Waals surface area contributed by atoms with Crippen LogP contribution in [0.25, 0.3) is 0 Å². The molecule has 0 saturated carbocycles. The topological polar surface area (TPSA) is 26.3 Å². The fourth-order valence-corrected chi connectivity index (χ4v) is 2.87. The number of unbranched alkanes of at least 4 members (excludes halogenated alkanes) is 13. The normalized spacial score (nSPS) is 10.9. The number of esters is 1. The van der Waals surface area contributed by atoms with Crippen molar-refractivity contribution in [1.82, 2.24) is 0 Å². The maximum absolute atomic E-state index is 10.9. The van der Waals surface area contributed by atoms with Gasteiger partial charge in [0, 0.05) is 0 Å². The van der Waals surface area contributed by atoms with E-state index in [0.717, 1.165) is 19.3 Å². The number of ether oxygens (including phenoxy) is 1. The molecule has 2 nitrogen and oxygen atoms in total. The van der Waals surface area contributed by atoms with E-state index in [2.05, 4.69) is 26.8 Å². The average molecular weight is 396 g/mol. The molecule has 1 radical (unpaired) electrons. The Balaban J connectivity index is 0. The maximum atomic E-state index is 10.9. The van der Waals surface area contributed by atoms with Crippen molar-refractivity contribution in [3.05, 3.63) is 19.1 Å². The average Bonchev–Trinajstić information content (AvgIpc) is 2.69. The van der Waals surface area contributed by atoms with Crippen LogP contribution in [-0.4, -0.2) is 12.6 Å². The zero-order valence-corrected chi connectivity index (χ0v) is 19.8. The standard InChI is InChI=1S/C16H33.C10H18O2/c1-3-5-7-9-11-13-15-16-14-12-10-8-6-4-2;1-4-5-6-7-8-12-10(11)9(2)3/h1,3-16H2,2H3;5-6,9H,4,7-8H2,1-3H3/b;6-5-. The van der Waals surface area contributed by atoms with E-state index in [0.29, 0.717) is 6.61 Å². The molecule has 0 fully saturated rings. The molecule has 0 unspecified atom stereocenters. The molecule has 0 rings (SSSR count). The van der Waals surface area contributed by atoms with E-state index in [-0.39, 0.29) is 11.9 Å². The summed E-state index contributed by atoms with van der Waals surface area (Å²) in [5.74, 6) is -0.125. The maximum Gasteiger partial charge on any atom is 0.308 e. The minimum atomic E-state index is -0.111. The number of hydrogen-bond acceptors (Lipinski definition) is 2. The first-order valence-corrected chi connectivity index (χ1v) is 12.2. The third-order valence-corrected chi connectivity index (χ3v) is 4.76. The third-order valence-electron chi connectivity index (χ3n) is 4.76. The van der Waals surface area contributed by atoms with Gasteiger partial charge >= 0.3 is 5.97 Å². The van der Waals surface area contributed by atoms with Crippen LogP contribution in [0.15, 0.2) is 12.2 Å². The molecule has 0 heterocycles. The van der Waals surface area contributed by atoms with Crippen LogP contribution in [-0.2, 0) is 9.53 Å². The number of carbonyl (C=O) groups excluding carboxylic acids is 1. The van der Waals surface area contributed by atoms with Gasteiger partial charge in [0.1, 0.15) is 0 Å². The van der Waals surface area contributed by atoms with Gasteiger partial charge in [-0.15, -0.1) is 0 Å². The first-order chi connectivity index (χ1) is 13.6. The second-order valence-electron chi connectivity index (χ2n) is 8.09. The highest BCUT2D eigenvalue weighted by molar-refractivity contribution is 5.71. The fourth-order valence-electron chi connectivity index (χ4n) is 2.87. The van der Waals surface area contributed by atoms with Crippen LogP contribution in [0, 0.1) is 12.8 Å². The summed E-state index contributed by atoms with van der Waals surface area (Å²) in [6.07, 6.45) is 25.8. The number of allylic oxidation sites excluding steroid dienone is 1. The molecule has 0 atom stereocenters. The van der Waals surface area contributed by atoms with Crippen molar-refractivity contribution < 1.29 is 9.53 Å². The minimum absolute atomic E-state index is 0.0137. The van der Waals surface area contributed by atoms with E-state index in [1.165, 1.54) is 83.5 Å². The van der Waals surface area contributed by atoms with E-state index in [1.807, 2.05) is 19.9 Å². The third kappa shape index (κ3) is 27.4. The lowest BCUT2D eigenvalue weighted by atomic mass is 10.0. The van der Waals surface area contributed by atoms with E-state index in [9.17, 15) is 4.79 Å². The predicted molar refractivity (Wildman–Crippen MR) is 126 cm³/mol. The Bertz CT molecular complexity index is 306. The van der Waals surface area contributed by atoms with Gasteiger partial charge in [-0.1, -0.05) is 137 Å². The van der Waals surface area contributed by atoms with Gasteiger partial charge in [0.05, 0.1) is 12.5 Å². The SMILES string of the molecule is CC/C=C\CCOC(=O)C(C)C.[CH2]CCCCCCCCCCCCCCC. The summed E-state index contributed by atoms with van der Waals surface area (Å²) in [7, 11) is 0. The molecule has 167 valence electrons. The van der Waals surface area contributed by atoms with Crippen LogP contribution < -0.4 is 0 Å². The largest absolute Gasteiger partial charge is 0.465 e. The van der Waals surface area contributed by atoms with Crippen LogP contribution in [0.5, 0.6) is 0 Å². The molecule has 0 aliphatic rings. The van der Waals surface area contributed by atoms with Gasteiger partial charge in [0.25, 0.3) is 0 Å². The molecular weight excluding hydrogens is 344 g/mol. The second kappa shape index (κ2) is 26.2. The Labute approximate surface area is 177 Å². The molecule has 0 spiro atoms. The summed E-state index contributed by atoms with van der Waals surface area (Å²) in [5.41, 5.74) is 0. The van der Waals surface area contributed by atoms with Crippen molar-refractivity contribution in [2.24, 2.45) is 5.92 Å². The molecule has 28 heavy (non-hydrogen) atoms. The minimum Gasteiger partial charge on any atom is -0.465 e. The smallest absolute Gasteiger partial charge is 0.308 e. The summed E-state index contributed by atoms with van der Waals surface area (Å²) in [6, 6.07) is 0. The van der Waals surface area contributed by atoms with Gasteiger partial charge in [0.15, 0.2) is 0 Å². The highest BCUT2D eigenvalue weighted by Crippen LogP contribution is 2.12. The number of hydrogen-bond donors (Lipinski definition) is 0. The summed E-state index contributed by atoms with van der Waals surface area (Å²) in [4.78, 5) is 10.9. The van der Waals surface area contributed by atoms with Crippen LogP contribution in [0.4, 0.5) is 0 Å². The summed E-state index contributed by atoms with van der Waals surface area (Å²) < 4.78 is 4.96. The van der Waals surface area contributed by atoms with Crippen LogP contribution in [0.3, 0.4) is 0 Å². The monoisotopic (exact) mass is 395 g/mol. The van der Waals surface area contributed by atoms with Crippen molar-refractivity contribution >= 4 is 5.97 Å². The van der Waals surface area contributed by atoms with Crippen molar-refractivity contribution in [1.29, 1.82) is 0 Å². The Hall–Kier alpha value is -0.790. The molecule has 0 bridgehead atoms. The highest BCUT2D eigenvalue weighted by Gasteiger charge is 2.06. The Kier molecular flexibility index (Phi) is 27.5. The zero-order chi connectivity index (χ0) is 21.3. The van der Waals surface area contributed by atoms with Crippen molar-refractivity contribution in [2.45, 2.75) is 130 Å². The van der Waals surface area contributed by atoms with Gasteiger partial charge < -0.3 is 4.74 Å². The zero-order valence-electron chi connectivity index (χ0n) is 19.8. The Morgan fingerprint density at radius 1 is 0.786 bits per heavy atom. The molecule has 0 amide bonds. The summed E-state index contributed by atoms with van der Waals surface area (Å²) in [6.45, 7) is 12.4. The van der Waals surface area contributed by atoms with E-state index >= 15 is 0 Å². The lowest BCUT2D eigenvalue weighted by molar-refractivity contribution is -0.147. The predicted octanol–water partition coefficient (Wildman–Crippen LogP) is 8.84. The summed E-state index contributed by atoms with van der Waals surface area (Å²) >= 11 is 0. The van der Waals surface area contributed by atoms with Crippen molar-refractivity contribution in [3.63, 3.8) is 0 Å². The molecule has 0 aromatic rings. The Morgan fingerprint density at radius 3 is 1.64 bits per heavy atom. The van der Waals surface area contributed by atoms with Crippen LogP contribution in [0.2, 0.25) is 0 Å². The number of rotatable bonds is 18. The van der Waals surface area contributed by atoms with E-state index < -0.39 is 0 Å². The molecule has 0 aromatic carbocycles. The van der Waals surface area contributed by atoms with Crippen molar-refractivity contribution in [3.8, 4) is 0 Å². The fraction of sp³-hybridized carbons (Fsp3) is 0.846. The highest BCUT2D eigenvalue weighted by atomic mass is 16.5.